The number of aliphatic hydroxyl groups excluding tert-OH is 1. The second-order valence-electron chi connectivity index (χ2n) is 3.04. The van der Waals surface area contributed by atoms with Crippen molar-refractivity contribution in [2.75, 3.05) is 6.61 Å². The van der Waals surface area contributed by atoms with Crippen LogP contribution in [0.5, 0.6) is 6.01 Å². The Morgan fingerprint density at radius 2 is 2.00 bits per heavy atom. The van der Waals surface area contributed by atoms with Crippen molar-refractivity contribution in [3.05, 3.63) is 18.5 Å². The lowest BCUT2D eigenvalue weighted by Gasteiger charge is -2.01. The average molecular weight is 210 g/mol. The van der Waals surface area contributed by atoms with Gasteiger partial charge in [0.15, 0.2) is 0 Å². The lowest BCUT2D eigenvalue weighted by molar-refractivity contribution is -0.135. The minimum atomic E-state index is -0.334. The van der Waals surface area contributed by atoms with E-state index in [4.69, 9.17) is 9.84 Å². The first kappa shape index (κ1) is 11.6. The summed E-state index contributed by atoms with van der Waals surface area (Å²) in [5.74, 6) is -0.334. The highest BCUT2D eigenvalue weighted by Crippen LogP contribution is 2.03. The molecule has 0 atom stereocenters. The van der Waals surface area contributed by atoms with E-state index in [0.717, 1.165) is 12.8 Å². The second kappa shape index (κ2) is 6.89. The zero-order chi connectivity index (χ0) is 10.9. The van der Waals surface area contributed by atoms with Crippen LogP contribution in [0.3, 0.4) is 0 Å². The summed E-state index contributed by atoms with van der Waals surface area (Å²) < 4.78 is 4.87. The number of aliphatic hydroxyl groups is 1. The van der Waals surface area contributed by atoms with Crippen molar-refractivity contribution in [3.8, 4) is 6.01 Å². The Kier molecular flexibility index (Phi) is 5.32. The van der Waals surface area contributed by atoms with Gasteiger partial charge >= 0.3 is 12.0 Å². The Labute approximate surface area is 88.1 Å². The van der Waals surface area contributed by atoms with E-state index in [9.17, 15) is 4.79 Å². The van der Waals surface area contributed by atoms with Gasteiger partial charge in [0.25, 0.3) is 0 Å². The number of carbonyl (C=O) groups excluding carboxylic acids is 1. The maximum atomic E-state index is 11.2. The fraction of sp³-hybridized carbons (Fsp3) is 0.500. The smallest absolute Gasteiger partial charge is 0.324 e. The van der Waals surface area contributed by atoms with Gasteiger partial charge in [0.2, 0.25) is 0 Å². The van der Waals surface area contributed by atoms with Crippen molar-refractivity contribution in [2.24, 2.45) is 0 Å². The third kappa shape index (κ3) is 5.07. The van der Waals surface area contributed by atoms with E-state index in [-0.39, 0.29) is 18.6 Å². The molecule has 5 heteroatoms. The molecule has 0 spiro atoms. The van der Waals surface area contributed by atoms with Crippen molar-refractivity contribution in [3.63, 3.8) is 0 Å². The topological polar surface area (TPSA) is 72.3 Å². The van der Waals surface area contributed by atoms with Gasteiger partial charge in [0.05, 0.1) is 0 Å². The van der Waals surface area contributed by atoms with Crippen LogP contribution >= 0.6 is 0 Å². The summed E-state index contributed by atoms with van der Waals surface area (Å²) in [7, 11) is 0. The number of nitrogens with zero attached hydrogens (tertiary/aromatic N) is 2. The highest BCUT2D eigenvalue weighted by Gasteiger charge is 2.05. The molecule has 0 aliphatic heterocycles. The third-order valence-corrected chi connectivity index (χ3v) is 1.79. The number of hydrogen-bond acceptors (Lipinski definition) is 5. The van der Waals surface area contributed by atoms with E-state index in [1.807, 2.05) is 0 Å². The molecule has 0 aliphatic carbocycles. The molecular formula is C10H14N2O3. The summed E-state index contributed by atoms with van der Waals surface area (Å²) in [6.45, 7) is 0.164. The molecular weight excluding hydrogens is 196 g/mol. The highest BCUT2D eigenvalue weighted by atomic mass is 16.5. The Balaban J connectivity index is 2.19. The largest absolute Gasteiger partial charge is 0.396 e. The molecule has 1 N–H and O–H groups in total. The Morgan fingerprint density at radius 3 is 2.67 bits per heavy atom. The Bertz CT molecular complexity index is 290. The SMILES string of the molecule is O=C(CCCCCO)Oc1ncccn1. The van der Waals surface area contributed by atoms with Crippen LogP contribution in [0.2, 0.25) is 0 Å². The van der Waals surface area contributed by atoms with E-state index in [1.54, 1.807) is 6.07 Å². The van der Waals surface area contributed by atoms with Gasteiger partial charge in [-0.05, 0) is 18.9 Å². The predicted molar refractivity (Wildman–Crippen MR) is 53.2 cm³/mol. The van der Waals surface area contributed by atoms with Crippen LogP contribution in [-0.2, 0) is 4.79 Å². The molecule has 1 heterocycles. The molecule has 0 unspecified atom stereocenters. The molecule has 1 aromatic heterocycles. The molecule has 0 aromatic carbocycles. The van der Waals surface area contributed by atoms with Crippen molar-refractivity contribution < 1.29 is 14.6 Å². The maximum Gasteiger partial charge on any atom is 0.324 e. The average Bonchev–Trinajstić information content (AvgIpc) is 2.26. The number of carbonyl (C=O) groups is 1. The molecule has 1 rings (SSSR count). The molecule has 0 radical (unpaired) electrons. The van der Waals surface area contributed by atoms with Crippen molar-refractivity contribution in [1.82, 2.24) is 9.97 Å². The number of hydrogen-bond donors (Lipinski definition) is 1. The molecule has 0 saturated carbocycles. The van der Waals surface area contributed by atoms with Crippen molar-refractivity contribution in [1.29, 1.82) is 0 Å². The van der Waals surface area contributed by atoms with E-state index in [1.165, 1.54) is 12.4 Å². The zero-order valence-electron chi connectivity index (χ0n) is 8.43. The minimum absolute atomic E-state index is 0.0876. The van der Waals surface area contributed by atoms with Gasteiger partial charge in [-0.15, -0.1) is 0 Å². The minimum Gasteiger partial charge on any atom is -0.396 e. The lowest BCUT2D eigenvalue weighted by Crippen LogP contribution is -2.09. The fourth-order valence-corrected chi connectivity index (χ4v) is 1.05. The summed E-state index contributed by atoms with van der Waals surface area (Å²) in [6, 6.07) is 1.74. The van der Waals surface area contributed by atoms with Gasteiger partial charge in [-0.2, -0.15) is 0 Å². The lowest BCUT2D eigenvalue weighted by atomic mass is 10.2. The van der Waals surface area contributed by atoms with E-state index in [0.29, 0.717) is 12.8 Å². The van der Waals surface area contributed by atoms with E-state index >= 15 is 0 Å². The molecule has 82 valence electrons. The van der Waals surface area contributed by atoms with Crippen LogP contribution in [-0.4, -0.2) is 27.7 Å². The Morgan fingerprint density at radius 1 is 1.27 bits per heavy atom. The molecule has 0 saturated heterocycles. The zero-order valence-corrected chi connectivity index (χ0v) is 8.43. The van der Waals surface area contributed by atoms with Gasteiger partial charge in [-0.1, -0.05) is 6.42 Å². The first-order chi connectivity index (χ1) is 7.33. The predicted octanol–water partition coefficient (Wildman–Crippen LogP) is 0.935. The summed E-state index contributed by atoms with van der Waals surface area (Å²) in [5.41, 5.74) is 0. The summed E-state index contributed by atoms with van der Waals surface area (Å²) in [5, 5.41) is 8.53. The molecule has 15 heavy (non-hydrogen) atoms. The third-order valence-electron chi connectivity index (χ3n) is 1.79. The van der Waals surface area contributed by atoms with Crippen molar-refractivity contribution >= 4 is 5.97 Å². The molecule has 5 nitrogen and oxygen atoms in total. The fourth-order valence-electron chi connectivity index (χ4n) is 1.05. The van der Waals surface area contributed by atoms with Gasteiger partial charge in [0, 0.05) is 25.4 Å². The van der Waals surface area contributed by atoms with Crippen molar-refractivity contribution in [2.45, 2.75) is 25.7 Å². The molecule has 1 aromatic rings. The van der Waals surface area contributed by atoms with Crippen LogP contribution < -0.4 is 4.74 Å². The van der Waals surface area contributed by atoms with Crippen LogP contribution in [0.1, 0.15) is 25.7 Å². The highest BCUT2D eigenvalue weighted by molar-refractivity contribution is 5.71. The maximum absolute atomic E-state index is 11.2. The van der Waals surface area contributed by atoms with Gasteiger partial charge in [0.1, 0.15) is 0 Å². The molecule has 0 aliphatic rings. The van der Waals surface area contributed by atoms with Crippen LogP contribution in [0, 0.1) is 0 Å². The molecule has 0 bridgehead atoms. The van der Waals surface area contributed by atoms with Gasteiger partial charge in [-0.25, -0.2) is 9.97 Å². The Hall–Kier alpha value is -1.49. The normalized spacial score (nSPS) is 9.93. The quantitative estimate of drug-likeness (QED) is 0.558. The summed E-state index contributed by atoms with van der Waals surface area (Å²) in [4.78, 5) is 18.7. The first-order valence-corrected chi connectivity index (χ1v) is 4.91. The number of aromatic nitrogens is 2. The molecule has 0 amide bonds. The standard InChI is InChI=1S/C10H14N2O3/c13-8-3-1-2-5-9(14)15-10-11-6-4-7-12-10/h4,6-7,13H,1-3,5,8H2. The number of rotatable bonds is 6. The first-order valence-electron chi connectivity index (χ1n) is 4.91. The number of unbranched alkanes of at least 4 members (excludes halogenated alkanes) is 2. The van der Waals surface area contributed by atoms with Crippen LogP contribution in [0.25, 0.3) is 0 Å². The van der Waals surface area contributed by atoms with Crippen LogP contribution in [0.4, 0.5) is 0 Å². The monoisotopic (exact) mass is 210 g/mol. The number of ether oxygens (including phenoxy) is 1. The second-order valence-corrected chi connectivity index (χ2v) is 3.04. The van der Waals surface area contributed by atoms with E-state index in [2.05, 4.69) is 9.97 Å². The van der Waals surface area contributed by atoms with Gasteiger partial charge in [-0.3, -0.25) is 4.79 Å². The number of esters is 1. The van der Waals surface area contributed by atoms with Crippen LogP contribution in [0.15, 0.2) is 18.5 Å². The van der Waals surface area contributed by atoms with E-state index < -0.39 is 0 Å². The van der Waals surface area contributed by atoms with Gasteiger partial charge < -0.3 is 9.84 Å². The summed E-state index contributed by atoms with van der Waals surface area (Å²) in [6.07, 6.45) is 5.61. The molecule has 0 fully saturated rings. The summed E-state index contributed by atoms with van der Waals surface area (Å²) >= 11 is 0.